The second kappa shape index (κ2) is 6.38. The molecule has 0 aliphatic carbocycles. The molecule has 1 aliphatic heterocycles. The molecule has 0 bridgehead atoms. The zero-order valence-corrected chi connectivity index (χ0v) is 15.6. The molecule has 4 rings (SSSR count). The van der Waals surface area contributed by atoms with Gasteiger partial charge < -0.3 is 4.90 Å². The van der Waals surface area contributed by atoms with Gasteiger partial charge in [0.15, 0.2) is 0 Å². The van der Waals surface area contributed by atoms with Crippen molar-refractivity contribution in [2.45, 2.75) is 18.9 Å². The molecule has 0 spiro atoms. The maximum atomic E-state index is 11.7. The van der Waals surface area contributed by atoms with E-state index in [9.17, 15) is 8.42 Å². The third-order valence-electron chi connectivity index (χ3n) is 4.77. The summed E-state index contributed by atoms with van der Waals surface area (Å²) < 4.78 is 23.4. The summed E-state index contributed by atoms with van der Waals surface area (Å²) in [5.74, 6) is 1.40. The van der Waals surface area contributed by atoms with Gasteiger partial charge in [0.2, 0.25) is 0 Å². The van der Waals surface area contributed by atoms with Gasteiger partial charge >= 0.3 is 0 Å². The van der Waals surface area contributed by atoms with Crippen LogP contribution in [0.15, 0.2) is 42.7 Å². The maximum absolute atomic E-state index is 11.7. The molecule has 0 N–H and O–H groups in total. The second-order valence-electron chi connectivity index (χ2n) is 6.39. The molecule has 0 radical (unpaired) electrons. The molecule has 5 nitrogen and oxygen atoms in total. The average Bonchev–Trinajstić information content (AvgIpc) is 3.06. The smallest absolute Gasteiger partial charge is 0.150 e. The molecular weight excluding hydrogens is 354 g/mol. The molecule has 1 aromatic carbocycles. The Bertz CT molecular complexity index is 986. The minimum Gasteiger partial charge on any atom is -0.356 e. The third kappa shape index (κ3) is 3.26. The second-order valence-corrected chi connectivity index (χ2v) is 9.72. The third-order valence-corrected chi connectivity index (χ3v) is 7.58. The van der Waals surface area contributed by atoms with Gasteiger partial charge in [0.1, 0.15) is 26.8 Å². The van der Waals surface area contributed by atoms with Crippen LogP contribution in [-0.4, -0.2) is 43.0 Å². The van der Waals surface area contributed by atoms with Crippen LogP contribution in [-0.2, 0) is 9.84 Å². The molecule has 0 saturated carbocycles. The van der Waals surface area contributed by atoms with Crippen molar-refractivity contribution in [3.63, 3.8) is 0 Å². The minimum absolute atomic E-state index is 0.196. The van der Waals surface area contributed by atoms with Crippen molar-refractivity contribution >= 4 is 37.2 Å². The molecule has 2 aromatic heterocycles. The number of rotatable bonds is 3. The van der Waals surface area contributed by atoms with E-state index in [0.29, 0.717) is 12.8 Å². The van der Waals surface area contributed by atoms with Crippen LogP contribution in [0, 0.1) is 0 Å². The number of hydrogen-bond acceptors (Lipinski definition) is 6. The zero-order chi connectivity index (χ0) is 17.4. The van der Waals surface area contributed by atoms with Gasteiger partial charge in [0.25, 0.3) is 0 Å². The minimum atomic E-state index is -2.86. The first kappa shape index (κ1) is 16.5. The molecule has 25 heavy (non-hydrogen) atoms. The maximum Gasteiger partial charge on any atom is 0.150 e. The van der Waals surface area contributed by atoms with Crippen molar-refractivity contribution in [2.75, 3.05) is 23.5 Å². The lowest BCUT2D eigenvalue weighted by molar-refractivity contribution is 0.532. The molecule has 0 unspecified atom stereocenters. The van der Waals surface area contributed by atoms with E-state index in [1.54, 1.807) is 17.7 Å². The number of thiophene rings is 1. The van der Waals surface area contributed by atoms with Gasteiger partial charge in [0, 0.05) is 18.0 Å². The highest BCUT2D eigenvalue weighted by Crippen LogP contribution is 2.36. The summed E-state index contributed by atoms with van der Waals surface area (Å²) in [6, 6.07) is 12.6. The Morgan fingerprint density at radius 2 is 1.84 bits per heavy atom. The number of fused-ring (bicyclic) bond motifs is 1. The van der Waals surface area contributed by atoms with Crippen LogP contribution in [0.25, 0.3) is 20.7 Å². The number of aromatic nitrogens is 2. The summed E-state index contributed by atoms with van der Waals surface area (Å²) in [6.07, 6.45) is 2.90. The van der Waals surface area contributed by atoms with Crippen molar-refractivity contribution in [3.05, 3.63) is 42.7 Å². The Hall–Kier alpha value is -1.99. The van der Waals surface area contributed by atoms with Crippen LogP contribution in [0.1, 0.15) is 12.8 Å². The van der Waals surface area contributed by atoms with Crippen molar-refractivity contribution < 1.29 is 8.42 Å². The standard InChI is InChI=1S/C18H19N3O2S2/c1-21(14-7-9-25(22,23)10-8-14)17-15-11-16(13-5-3-2-4-6-13)24-18(15)20-12-19-17/h2-6,11-12,14H,7-10H2,1H3. The van der Waals surface area contributed by atoms with Crippen LogP contribution >= 0.6 is 11.3 Å². The van der Waals surface area contributed by atoms with Gasteiger partial charge in [-0.1, -0.05) is 30.3 Å². The lowest BCUT2D eigenvalue weighted by Gasteiger charge is -2.32. The monoisotopic (exact) mass is 373 g/mol. The summed E-state index contributed by atoms with van der Waals surface area (Å²) in [6.45, 7) is 0. The highest BCUT2D eigenvalue weighted by Gasteiger charge is 2.28. The fourth-order valence-electron chi connectivity index (χ4n) is 3.31. The van der Waals surface area contributed by atoms with E-state index in [0.717, 1.165) is 20.9 Å². The van der Waals surface area contributed by atoms with Crippen LogP contribution in [0.5, 0.6) is 0 Å². The first-order valence-electron chi connectivity index (χ1n) is 8.27. The largest absolute Gasteiger partial charge is 0.356 e. The molecule has 3 heterocycles. The molecular formula is C18H19N3O2S2. The van der Waals surface area contributed by atoms with E-state index in [1.165, 1.54) is 5.56 Å². The lowest BCUT2D eigenvalue weighted by atomic mass is 10.1. The van der Waals surface area contributed by atoms with Crippen molar-refractivity contribution in [3.8, 4) is 10.4 Å². The molecule has 1 aliphatic rings. The highest BCUT2D eigenvalue weighted by atomic mass is 32.2. The van der Waals surface area contributed by atoms with E-state index in [2.05, 4.69) is 33.1 Å². The van der Waals surface area contributed by atoms with Crippen molar-refractivity contribution in [1.29, 1.82) is 0 Å². The number of anilines is 1. The molecule has 0 atom stereocenters. The molecule has 130 valence electrons. The van der Waals surface area contributed by atoms with Crippen LogP contribution in [0.2, 0.25) is 0 Å². The van der Waals surface area contributed by atoms with E-state index in [1.807, 2.05) is 25.2 Å². The van der Waals surface area contributed by atoms with Gasteiger partial charge in [-0.25, -0.2) is 18.4 Å². The zero-order valence-electron chi connectivity index (χ0n) is 13.9. The Morgan fingerprint density at radius 1 is 1.12 bits per heavy atom. The normalized spacial score (nSPS) is 17.6. The predicted molar refractivity (Wildman–Crippen MR) is 103 cm³/mol. The Labute approximate surface area is 151 Å². The van der Waals surface area contributed by atoms with E-state index >= 15 is 0 Å². The Balaban J connectivity index is 1.69. The van der Waals surface area contributed by atoms with Crippen LogP contribution < -0.4 is 4.90 Å². The molecule has 7 heteroatoms. The fourth-order valence-corrected chi connectivity index (χ4v) is 5.77. The van der Waals surface area contributed by atoms with Gasteiger partial charge in [-0.15, -0.1) is 11.3 Å². The van der Waals surface area contributed by atoms with Crippen molar-refractivity contribution in [1.82, 2.24) is 9.97 Å². The molecule has 1 saturated heterocycles. The first-order valence-corrected chi connectivity index (χ1v) is 10.9. The summed E-state index contributed by atoms with van der Waals surface area (Å²) in [5, 5.41) is 1.03. The quantitative estimate of drug-likeness (QED) is 0.704. The van der Waals surface area contributed by atoms with Crippen molar-refractivity contribution in [2.24, 2.45) is 0 Å². The fraction of sp³-hybridized carbons (Fsp3) is 0.333. The van der Waals surface area contributed by atoms with E-state index in [-0.39, 0.29) is 17.5 Å². The lowest BCUT2D eigenvalue weighted by Crippen LogP contribution is -2.39. The van der Waals surface area contributed by atoms with Gasteiger partial charge in [-0.3, -0.25) is 0 Å². The van der Waals surface area contributed by atoms with Crippen LogP contribution in [0.4, 0.5) is 5.82 Å². The topological polar surface area (TPSA) is 63.2 Å². The summed E-state index contributed by atoms with van der Waals surface area (Å²) in [4.78, 5) is 13.2. The highest BCUT2D eigenvalue weighted by molar-refractivity contribution is 7.91. The summed E-state index contributed by atoms with van der Waals surface area (Å²) in [7, 11) is -0.859. The summed E-state index contributed by atoms with van der Waals surface area (Å²) in [5.41, 5.74) is 1.17. The van der Waals surface area contributed by atoms with Gasteiger partial charge in [-0.2, -0.15) is 0 Å². The molecule has 3 aromatic rings. The van der Waals surface area contributed by atoms with Gasteiger partial charge in [-0.05, 0) is 24.5 Å². The Kier molecular flexibility index (Phi) is 4.21. The average molecular weight is 374 g/mol. The first-order chi connectivity index (χ1) is 12.0. The number of hydrogen-bond donors (Lipinski definition) is 0. The van der Waals surface area contributed by atoms with Gasteiger partial charge in [0.05, 0.1) is 16.9 Å². The summed E-state index contributed by atoms with van der Waals surface area (Å²) >= 11 is 1.65. The number of benzene rings is 1. The van der Waals surface area contributed by atoms with E-state index < -0.39 is 9.84 Å². The number of nitrogens with zero attached hydrogens (tertiary/aromatic N) is 3. The molecule has 1 fully saturated rings. The Morgan fingerprint density at radius 3 is 2.56 bits per heavy atom. The van der Waals surface area contributed by atoms with Crippen LogP contribution in [0.3, 0.4) is 0 Å². The predicted octanol–water partition coefficient (Wildman–Crippen LogP) is 3.37. The molecule has 0 amide bonds. The van der Waals surface area contributed by atoms with E-state index in [4.69, 9.17) is 0 Å². The number of sulfone groups is 1. The SMILES string of the molecule is CN(c1ncnc2sc(-c3ccccc3)cc12)C1CCS(=O)(=O)CC1.